The fourth-order valence-corrected chi connectivity index (χ4v) is 2.09. The maximum atomic E-state index is 12.4. The first kappa shape index (κ1) is 22.7. The minimum absolute atomic E-state index is 0.0492. The minimum atomic E-state index is -4.97. The topological polar surface area (TPSA) is 105 Å². The van der Waals surface area contributed by atoms with E-state index in [0.717, 1.165) is 18.2 Å². The van der Waals surface area contributed by atoms with Gasteiger partial charge in [0, 0.05) is 12.1 Å². The summed E-state index contributed by atoms with van der Waals surface area (Å²) in [5.74, 6) is -0.694. The number of amides is 1. The Labute approximate surface area is 154 Å². The average Bonchev–Trinajstić information content (AvgIpc) is 2.50. The second-order valence-electron chi connectivity index (χ2n) is 6.73. The number of ether oxygens (including phenoxy) is 2. The van der Waals surface area contributed by atoms with Gasteiger partial charge in [-0.1, -0.05) is 0 Å². The predicted molar refractivity (Wildman–Crippen MR) is 88.3 cm³/mol. The molecular weight excluding hydrogens is 371 g/mol. The van der Waals surface area contributed by atoms with Crippen LogP contribution < -0.4 is 10.1 Å². The molecule has 1 amide bonds. The summed E-state index contributed by atoms with van der Waals surface area (Å²) >= 11 is 0. The van der Waals surface area contributed by atoms with E-state index in [2.05, 4.69) is 10.1 Å². The lowest BCUT2D eigenvalue weighted by atomic mass is 10.00. The molecule has 2 unspecified atom stereocenters. The van der Waals surface area contributed by atoms with Crippen molar-refractivity contribution in [2.45, 2.75) is 51.4 Å². The fraction of sp³-hybridized carbons (Fsp3) is 0.529. The summed E-state index contributed by atoms with van der Waals surface area (Å²) in [4.78, 5) is 22.4. The molecule has 3 N–H and O–H groups in total. The first-order valence-electron chi connectivity index (χ1n) is 7.99. The number of aliphatic hydroxyl groups is 2. The molecule has 0 aliphatic rings. The zero-order chi connectivity index (χ0) is 20.8. The lowest BCUT2D eigenvalue weighted by molar-refractivity contribution is -0.274. The summed E-state index contributed by atoms with van der Waals surface area (Å²) in [5.41, 5.74) is -1.000. The second kappa shape index (κ2) is 9.05. The number of carbonyl (C=O) groups is 2. The third-order valence-corrected chi connectivity index (χ3v) is 3.14. The van der Waals surface area contributed by atoms with Crippen LogP contribution in [0.3, 0.4) is 0 Å². The molecule has 1 aromatic rings. The highest BCUT2D eigenvalue weighted by molar-refractivity contribution is 5.76. The van der Waals surface area contributed by atoms with Gasteiger partial charge in [0.15, 0.2) is 0 Å². The van der Waals surface area contributed by atoms with Crippen LogP contribution in [0.25, 0.3) is 0 Å². The van der Waals surface area contributed by atoms with Crippen LogP contribution in [0.5, 0.6) is 5.75 Å². The van der Waals surface area contributed by atoms with Gasteiger partial charge >= 0.3 is 12.5 Å². The SMILES string of the molecule is CC(C)(C)OC(=O)NCCC(O)C(O)c1cc(C=O)cc(OC(F)(F)F)c1. The van der Waals surface area contributed by atoms with E-state index in [9.17, 15) is 33.0 Å². The number of alkyl carbamates (subject to hydrolysis) is 1. The summed E-state index contributed by atoms with van der Waals surface area (Å²) in [5, 5.41) is 22.5. The largest absolute Gasteiger partial charge is 0.573 e. The van der Waals surface area contributed by atoms with Crippen molar-refractivity contribution >= 4 is 12.4 Å². The number of aliphatic hydroxyl groups excluding tert-OH is 2. The molecule has 0 aliphatic heterocycles. The highest BCUT2D eigenvalue weighted by atomic mass is 19.4. The zero-order valence-electron chi connectivity index (χ0n) is 15.0. The van der Waals surface area contributed by atoms with Gasteiger partial charge in [-0.2, -0.15) is 0 Å². The minimum Gasteiger partial charge on any atom is -0.444 e. The molecule has 0 fully saturated rings. The number of nitrogens with one attached hydrogen (secondary N) is 1. The molecule has 1 aromatic carbocycles. The molecular formula is C17H22F3NO6. The predicted octanol–water partition coefficient (Wildman–Crippen LogP) is 2.71. The Bertz CT molecular complexity index is 657. The molecule has 152 valence electrons. The number of halogens is 3. The van der Waals surface area contributed by atoms with Crippen LogP contribution in [-0.2, 0) is 4.74 Å². The molecule has 0 saturated heterocycles. The van der Waals surface area contributed by atoms with Gasteiger partial charge in [0.2, 0.25) is 0 Å². The highest BCUT2D eigenvalue weighted by Crippen LogP contribution is 2.28. The second-order valence-corrected chi connectivity index (χ2v) is 6.73. The van der Waals surface area contributed by atoms with E-state index >= 15 is 0 Å². The standard InChI is InChI=1S/C17H22F3NO6/c1-16(2,3)27-15(25)21-5-4-13(23)14(24)11-6-10(9-22)7-12(8-11)26-17(18,19)20/h6-9,13-14,23-24H,4-5H2,1-3H3,(H,21,25). The lowest BCUT2D eigenvalue weighted by Crippen LogP contribution is -2.34. The monoisotopic (exact) mass is 393 g/mol. The van der Waals surface area contributed by atoms with Gasteiger partial charge in [-0.05, 0) is 51.0 Å². The third kappa shape index (κ3) is 8.74. The Morgan fingerprint density at radius 1 is 1.22 bits per heavy atom. The van der Waals surface area contributed by atoms with Gasteiger partial charge in [0.25, 0.3) is 0 Å². The Kier molecular flexibility index (Phi) is 7.61. The molecule has 10 heteroatoms. The number of hydrogen-bond donors (Lipinski definition) is 3. The van der Waals surface area contributed by atoms with E-state index in [1.165, 1.54) is 0 Å². The molecule has 2 atom stereocenters. The van der Waals surface area contributed by atoms with E-state index in [4.69, 9.17) is 4.74 Å². The summed E-state index contributed by atoms with van der Waals surface area (Å²) in [7, 11) is 0. The fourth-order valence-electron chi connectivity index (χ4n) is 2.09. The summed E-state index contributed by atoms with van der Waals surface area (Å²) in [6, 6.07) is 2.86. The lowest BCUT2D eigenvalue weighted by Gasteiger charge is -2.21. The molecule has 0 bridgehead atoms. The molecule has 0 saturated carbocycles. The van der Waals surface area contributed by atoms with Gasteiger partial charge in [-0.15, -0.1) is 13.2 Å². The van der Waals surface area contributed by atoms with Crippen molar-refractivity contribution in [3.63, 3.8) is 0 Å². The molecule has 0 aromatic heterocycles. The first-order chi connectivity index (χ1) is 12.3. The van der Waals surface area contributed by atoms with Crippen molar-refractivity contribution in [1.29, 1.82) is 0 Å². The van der Waals surface area contributed by atoms with Crippen LogP contribution in [0.15, 0.2) is 18.2 Å². The van der Waals surface area contributed by atoms with Crippen LogP contribution >= 0.6 is 0 Å². The molecule has 27 heavy (non-hydrogen) atoms. The van der Waals surface area contributed by atoms with E-state index in [0.29, 0.717) is 0 Å². The Morgan fingerprint density at radius 2 is 1.85 bits per heavy atom. The van der Waals surface area contributed by atoms with Crippen molar-refractivity contribution < 1.29 is 42.4 Å². The van der Waals surface area contributed by atoms with Gasteiger partial charge < -0.3 is 25.0 Å². The van der Waals surface area contributed by atoms with Crippen molar-refractivity contribution in [3.8, 4) is 5.75 Å². The number of alkyl halides is 3. The van der Waals surface area contributed by atoms with E-state index in [1.807, 2.05) is 0 Å². The smallest absolute Gasteiger partial charge is 0.444 e. The molecule has 0 aliphatic carbocycles. The molecule has 7 nitrogen and oxygen atoms in total. The average molecular weight is 393 g/mol. The maximum absolute atomic E-state index is 12.4. The summed E-state index contributed by atoms with van der Waals surface area (Å²) in [6.07, 6.45) is -8.52. The van der Waals surface area contributed by atoms with Crippen LogP contribution in [0, 0.1) is 0 Å². The van der Waals surface area contributed by atoms with Crippen LogP contribution in [-0.4, -0.2) is 47.2 Å². The van der Waals surface area contributed by atoms with Crippen LogP contribution in [0.2, 0.25) is 0 Å². The van der Waals surface area contributed by atoms with Crippen LogP contribution in [0.1, 0.15) is 49.2 Å². The summed E-state index contributed by atoms with van der Waals surface area (Å²) < 4.78 is 45.8. The van der Waals surface area contributed by atoms with Crippen molar-refractivity contribution in [3.05, 3.63) is 29.3 Å². The van der Waals surface area contributed by atoms with Gasteiger partial charge in [0.05, 0.1) is 6.10 Å². The summed E-state index contributed by atoms with van der Waals surface area (Å²) in [6.45, 7) is 4.97. The zero-order valence-corrected chi connectivity index (χ0v) is 15.0. The van der Waals surface area contributed by atoms with Gasteiger partial charge in [-0.3, -0.25) is 4.79 Å². The number of rotatable bonds is 7. The number of carbonyl (C=O) groups excluding carboxylic acids is 2. The van der Waals surface area contributed by atoms with E-state index in [1.54, 1.807) is 20.8 Å². The normalized spacial score (nSPS) is 14.2. The Morgan fingerprint density at radius 3 is 2.37 bits per heavy atom. The van der Waals surface area contributed by atoms with Crippen molar-refractivity contribution in [2.24, 2.45) is 0 Å². The molecule has 0 heterocycles. The number of benzene rings is 1. The third-order valence-electron chi connectivity index (χ3n) is 3.14. The number of hydrogen-bond acceptors (Lipinski definition) is 6. The first-order valence-corrected chi connectivity index (χ1v) is 7.99. The van der Waals surface area contributed by atoms with Gasteiger partial charge in [0.1, 0.15) is 23.7 Å². The van der Waals surface area contributed by atoms with Crippen LogP contribution in [0.4, 0.5) is 18.0 Å². The quantitative estimate of drug-likeness (QED) is 0.615. The molecule has 0 radical (unpaired) electrons. The Balaban J connectivity index is 2.74. The van der Waals surface area contributed by atoms with E-state index in [-0.39, 0.29) is 30.4 Å². The molecule has 1 rings (SSSR count). The number of aldehydes is 1. The molecule has 0 spiro atoms. The van der Waals surface area contributed by atoms with Crippen molar-refractivity contribution in [1.82, 2.24) is 5.32 Å². The van der Waals surface area contributed by atoms with E-state index < -0.39 is 36.0 Å². The Hall–Kier alpha value is -2.33. The highest BCUT2D eigenvalue weighted by Gasteiger charge is 2.32. The van der Waals surface area contributed by atoms with Crippen molar-refractivity contribution in [2.75, 3.05) is 6.54 Å². The maximum Gasteiger partial charge on any atom is 0.573 e. The van der Waals surface area contributed by atoms with Gasteiger partial charge in [-0.25, -0.2) is 4.79 Å².